The van der Waals surface area contributed by atoms with Gasteiger partial charge in [-0.05, 0) is 92.3 Å². The molecule has 43 heavy (non-hydrogen) atoms. The molecule has 3 aromatic rings. The van der Waals surface area contributed by atoms with Crippen LogP contribution in [-0.2, 0) is 21.2 Å². The molecule has 1 aliphatic carbocycles. The minimum atomic E-state index is -3.67. The lowest BCUT2D eigenvalue weighted by Gasteiger charge is -2.36. The van der Waals surface area contributed by atoms with Crippen LogP contribution >= 0.6 is 0 Å². The molecule has 0 saturated heterocycles. The number of sulfonamides is 1. The summed E-state index contributed by atoms with van der Waals surface area (Å²) in [4.78, 5) is 27.5. The van der Waals surface area contributed by atoms with Crippen LogP contribution in [0.4, 0.5) is 0 Å². The average molecular weight is 604 g/mol. The highest BCUT2D eigenvalue weighted by Crippen LogP contribution is 2.38. The molecule has 0 radical (unpaired) electrons. The Balaban J connectivity index is 1.58. The van der Waals surface area contributed by atoms with Crippen molar-refractivity contribution in [2.24, 2.45) is 5.41 Å². The summed E-state index contributed by atoms with van der Waals surface area (Å²) in [6.45, 7) is 8.50. The summed E-state index contributed by atoms with van der Waals surface area (Å²) in [7, 11) is -2.06. The molecule has 0 bridgehead atoms. The summed E-state index contributed by atoms with van der Waals surface area (Å²) in [5.41, 5.74) is 2.58. The second-order valence-electron chi connectivity index (χ2n) is 11.1. The summed E-state index contributed by atoms with van der Waals surface area (Å²) >= 11 is 0. The zero-order chi connectivity index (χ0) is 31.2. The van der Waals surface area contributed by atoms with Crippen molar-refractivity contribution in [2.75, 3.05) is 20.2 Å². The van der Waals surface area contributed by atoms with E-state index in [1.54, 1.807) is 7.11 Å². The summed E-state index contributed by atoms with van der Waals surface area (Å²) in [5, 5.41) is 6.11. The molecule has 4 rings (SSSR count). The van der Waals surface area contributed by atoms with E-state index in [1.807, 2.05) is 82.3 Å². The van der Waals surface area contributed by atoms with Crippen LogP contribution in [0.2, 0.25) is 0 Å². The van der Waals surface area contributed by atoms with Crippen molar-refractivity contribution in [1.29, 1.82) is 0 Å². The van der Waals surface area contributed by atoms with E-state index in [1.165, 1.54) is 28.6 Å². The van der Waals surface area contributed by atoms with Crippen LogP contribution < -0.4 is 15.4 Å². The normalized spacial score (nSPS) is 17.0. The number of amides is 2. The highest BCUT2D eigenvalue weighted by molar-refractivity contribution is 7.89. The van der Waals surface area contributed by atoms with Gasteiger partial charge in [0.1, 0.15) is 5.75 Å². The largest absolute Gasteiger partial charge is 0.497 e. The van der Waals surface area contributed by atoms with E-state index in [2.05, 4.69) is 10.6 Å². The Morgan fingerprint density at radius 2 is 1.58 bits per heavy atom. The Bertz CT molecular complexity index is 1580. The smallest absolute Gasteiger partial charge is 0.255 e. The molecule has 9 heteroatoms. The molecular weight excluding hydrogens is 562 g/mol. The highest BCUT2D eigenvalue weighted by atomic mass is 32.2. The fraction of sp³-hybridized carbons (Fsp3) is 0.353. The molecule has 2 amide bonds. The van der Waals surface area contributed by atoms with Gasteiger partial charge in [-0.25, -0.2) is 8.42 Å². The molecular formula is C34H41N3O5S. The standard InChI is InChI=1S/C34H41N3O5S/c1-6-20-37(21-7-2)43(40,41)30-18-14-26(15-19-30)32(38)36-31-22-27-10-8-9-11-28(27)23-34(31,4)33(39)35-24(3)25-12-16-29(42-5)17-13-25/h8-19,22,24H,6-7,20-21,23H2,1-5H3,(H,35,39)(H,36,38). The van der Waals surface area contributed by atoms with Crippen LogP contribution in [0.3, 0.4) is 0 Å². The zero-order valence-electron chi connectivity index (χ0n) is 25.5. The number of hydrogen-bond acceptors (Lipinski definition) is 5. The van der Waals surface area contributed by atoms with Crippen LogP contribution in [0.25, 0.3) is 6.08 Å². The SMILES string of the molecule is CCCN(CCC)S(=O)(=O)c1ccc(C(=O)NC2=Cc3ccccc3CC2(C)C(=O)NC(C)c2ccc(OC)cc2)cc1. The van der Waals surface area contributed by atoms with Crippen LogP contribution in [0.5, 0.6) is 5.75 Å². The van der Waals surface area contributed by atoms with Crippen molar-refractivity contribution in [2.45, 2.75) is 57.9 Å². The maximum absolute atomic E-state index is 13.9. The van der Waals surface area contributed by atoms with E-state index in [0.29, 0.717) is 43.6 Å². The Hall–Kier alpha value is -3.95. The van der Waals surface area contributed by atoms with E-state index < -0.39 is 21.3 Å². The molecule has 0 saturated carbocycles. The van der Waals surface area contributed by atoms with Crippen molar-refractivity contribution in [3.8, 4) is 5.75 Å². The molecule has 8 nitrogen and oxygen atoms in total. The second kappa shape index (κ2) is 13.6. The van der Waals surface area contributed by atoms with Crippen molar-refractivity contribution >= 4 is 27.9 Å². The molecule has 1 aliphatic rings. The van der Waals surface area contributed by atoms with Gasteiger partial charge in [0, 0.05) is 24.4 Å². The molecule has 0 aromatic heterocycles. The third-order valence-electron chi connectivity index (χ3n) is 7.91. The third-order valence-corrected chi connectivity index (χ3v) is 9.82. The lowest BCUT2D eigenvalue weighted by atomic mass is 9.74. The highest BCUT2D eigenvalue weighted by Gasteiger charge is 2.41. The van der Waals surface area contributed by atoms with E-state index in [-0.39, 0.29) is 16.8 Å². The molecule has 0 spiro atoms. The minimum Gasteiger partial charge on any atom is -0.497 e. The van der Waals surface area contributed by atoms with Gasteiger partial charge >= 0.3 is 0 Å². The quantitative estimate of drug-likeness (QED) is 0.276. The Labute approximate surface area is 255 Å². The van der Waals surface area contributed by atoms with Gasteiger partial charge in [-0.15, -0.1) is 0 Å². The lowest BCUT2D eigenvalue weighted by molar-refractivity contribution is -0.129. The number of carbonyl (C=O) groups excluding carboxylic acids is 2. The van der Waals surface area contributed by atoms with Crippen molar-refractivity contribution < 1.29 is 22.7 Å². The average Bonchev–Trinajstić information content (AvgIpc) is 3.01. The van der Waals surface area contributed by atoms with Gasteiger partial charge in [-0.1, -0.05) is 50.2 Å². The predicted molar refractivity (Wildman–Crippen MR) is 169 cm³/mol. The summed E-state index contributed by atoms with van der Waals surface area (Å²) < 4.78 is 33.1. The second-order valence-corrected chi connectivity index (χ2v) is 13.1. The number of nitrogens with zero attached hydrogens (tertiary/aromatic N) is 1. The van der Waals surface area contributed by atoms with Crippen LogP contribution in [0.15, 0.2) is 83.4 Å². The molecule has 2 unspecified atom stereocenters. The monoisotopic (exact) mass is 603 g/mol. The van der Waals surface area contributed by atoms with E-state index >= 15 is 0 Å². The third kappa shape index (κ3) is 7.00. The van der Waals surface area contributed by atoms with Crippen LogP contribution in [-0.4, -0.2) is 44.7 Å². The lowest BCUT2D eigenvalue weighted by Crippen LogP contribution is -2.48. The first kappa shape index (κ1) is 32.0. The number of rotatable bonds is 12. The van der Waals surface area contributed by atoms with Gasteiger partial charge in [0.25, 0.3) is 5.91 Å². The van der Waals surface area contributed by atoms with Gasteiger partial charge in [-0.2, -0.15) is 4.31 Å². The maximum atomic E-state index is 13.9. The van der Waals surface area contributed by atoms with Gasteiger partial charge in [0.05, 0.1) is 23.5 Å². The molecule has 3 aromatic carbocycles. The maximum Gasteiger partial charge on any atom is 0.255 e. The van der Waals surface area contributed by atoms with Crippen molar-refractivity contribution in [3.05, 3.63) is 101 Å². The Morgan fingerprint density at radius 3 is 2.19 bits per heavy atom. The number of carbonyl (C=O) groups is 2. The number of nitrogens with one attached hydrogen (secondary N) is 2. The number of methoxy groups -OCH3 is 1. The molecule has 228 valence electrons. The first-order valence-electron chi connectivity index (χ1n) is 14.7. The summed E-state index contributed by atoms with van der Waals surface area (Å²) in [5.74, 6) is 0.0944. The van der Waals surface area contributed by atoms with Gasteiger partial charge < -0.3 is 15.4 Å². The number of ether oxygens (including phenoxy) is 1. The molecule has 2 N–H and O–H groups in total. The van der Waals surface area contributed by atoms with E-state index in [0.717, 1.165) is 22.4 Å². The van der Waals surface area contributed by atoms with E-state index in [9.17, 15) is 18.0 Å². The molecule has 2 atom stereocenters. The van der Waals surface area contributed by atoms with Crippen LogP contribution in [0, 0.1) is 5.41 Å². The summed E-state index contributed by atoms with van der Waals surface area (Å²) in [6, 6.07) is 21.0. The van der Waals surface area contributed by atoms with E-state index in [4.69, 9.17) is 4.74 Å². The fourth-order valence-electron chi connectivity index (χ4n) is 5.31. The van der Waals surface area contributed by atoms with Gasteiger partial charge in [-0.3, -0.25) is 9.59 Å². The first-order chi connectivity index (χ1) is 20.5. The molecule has 0 fully saturated rings. The topological polar surface area (TPSA) is 105 Å². The zero-order valence-corrected chi connectivity index (χ0v) is 26.3. The number of benzene rings is 3. The fourth-order valence-corrected chi connectivity index (χ4v) is 6.93. The molecule has 0 aliphatic heterocycles. The first-order valence-corrected chi connectivity index (χ1v) is 16.1. The minimum absolute atomic E-state index is 0.147. The van der Waals surface area contributed by atoms with Crippen molar-refractivity contribution in [1.82, 2.24) is 14.9 Å². The van der Waals surface area contributed by atoms with Gasteiger partial charge in [0.2, 0.25) is 15.9 Å². The Kier molecular flexibility index (Phi) is 10.1. The van der Waals surface area contributed by atoms with Crippen LogP contribution in [0.1, 0.15) is 73.6 Å². The number of hydrogen-bond donors (Lipinski definition) is 2. The predicted octanol–water partition coefficient (Wildman–Crippen LogP) is 5.72. The molecule has 0 heterocycles. The Morgan fingerprint density at radius 1 is 0.953 bits per heavy atom. The summed E-state index contributed by atoms with van der Waals surface area (Å²) in [6.07, 6.45) is 3.67. The van der Waals surface area contributed by atoms with Crippen molar-refractivity contribution in [3.63, 3.8) is 0 Å². The van der Waals surface area contributed by atoms with Gasteiger partial charge in [0.15, 0.2) is 0 Å². The number of fused-ring (bicyclic) bond motifs is 1.